The summed E-state index contributed by atoms with van der Waals surface area (Å²) in [5.74, 6) is -0.139. The molecule has 5 nitrogen and oxygen atoms in total. The highest BCUT2D eigenvalue weighted by atomic mass is 16.5. The molecule has 0 saturated carbocycles. The van der Waals surface area contributed by atoms with Gasteiger partial charge in [-0.3, -0.25) is 9.69 Å². The van der Waals surface area contributed by atoms with Crippen molar-refractivity contribution in [1.29, 1.82) is 0 Å². The van der Waals surface area contributed by atoms with Crippen molar-refractivity contribution in [2.75, 3.05) is 46.9 Å². The lowest BCUT2D eigenvalue weighted by atomic mass is 10.0. The molecule has 19 heavy (non-hydrogen) atoms. The highest BCUT2D eigenvalue weighted by Crippen LogP contribution is 2.13. The fourth-order valence-corrected chi connectivity index (χ4v) is 2.65. The second-order valence-electron chi connectivity index (χ2n) is 5.36. The number of likely N-dealkylation sites (tertiary alicyclic amines) is 1. The maximum atomic E-state index is 11.9. The van der Waals surface area contributed by atoms with Gasteiger partial charge in [-0.15, -0.1) is 0 Å². The van der Waals surface area contributed by atoms with Gasteiger partial charge in [-0.25, -0.2) is 0 Å². The fourth-order valence-electron chi connectivity index (χ4n) is 2.65. The van der Waals surface area contributed by atoms with E-state index in [-0.39, 0.29) is 12.0 Å². The molecule has 0 aromatic carbocycles. The van der Waals surface area contributed by atoms with Crippen LogP contribution in [0.5, 0.6) is 0 Å². The van der Waals surface area contributed by atoms with Crippen LogP contribution in [0.15, 0.2) is 0 Å². The molecule has 0 aromatic rings. The molecule has 0 amide bonds. The van der Waals surface area contributed by atoms with E-state index < -0.39 is 0 Å². The second kappa shape index (κ2) is 8.51. The second-order valence-corrected chi connectivity index (χ2v) is 5.36. The van der Waals surface area contributed by atoms with Gasteiger partial charge in [0.25, 0.3) is 0 Å². The minimum atomic E-state index is -0.220. The van der Waals surface area contributed by atoms with E-state index in [1.165, 1.54) is 19.4 Å². The molecule has 2 unspecified atom stereocenters. The zero-order valence-corrected chi connectivity index (χ0v) is 12.8. The highest BCUT2D eigenvalue weighted by Gasteiger charge is 2.26. The molecule has 1 rings (SSSR count). The monoisotopic (exact) mass is 271 g/mol. The molecule has 0 bridgehead atoms. The first-order chi connectivity index (χ1) is 9.08. The zero-order valence-electron chi connectivity index (χ0n) is 12.8. The lowest BCUT2D eigenvalue weighted by Crippen LogP contribution is -2.52. The van der Waals surface area contributed by atoms with E-state index in [0.717, 1.165) is 13.1 Å². The summed E-state index contributed by atoms with van der Waals surface area (Å²) in [6.07, 6.45) is 2.44. The molecule has 0 aromatic heterocycles. The minimum absolute atomic E-state index is 0.139. The molecule has 1 fully saturated rings. The first kappa shape index (κ1) is 16.4. The largest absolute Gasteiger partial charge is 0.465 e. The molecule has 1 saturated heterocycles. The number of rotatable bonds is 7. The zero-order chi connectivity index (χ0) is 14.3. The Hall–Kier alpha value is -0.650. The molecule has 1 aliphatic heterocycles. The van der Waals surface area contributed by atoms with E-state index >= 15 is 0 Å². The number of carbonyl (C=O) groups excluding carboxylic acids is 1. The maximum absolute atomic E-state index is 11.9. The molecule has 1 N–H and O–H groups in total. The lowest BCUT2D eigenvalue weighted by Gasteiger charge is -2.37. The Labute approximate surface area is 117 Å². The first-order valence-corrected chi connectivity index (χ1v) is 7.37. The Morgan fingerprint density at radius 2 is 2.26 bits per heavy atom. The average molecular weight is 271 g/mol. The third-order valence-electron chi connectivity index (χ3n) is 3.72. The van der Waals surface area contributed by atoms with Crippen LogP contribution in [-0.2, 0) is 9.53 Å². The molecular weight excluding hydrogens is 242 g/mol. The SMILES string of the molecule is CCNC(CN(C)C1CCCN(C)C1)C(=O)OCC. The molecule has 2 atom stereocenters. The van der Waals surface area contributed by atoms with E-state index in [9.17, 15) is 4.79 Å². The number of carbonyl (C=O) groups is 1. The predicted octanol–water partition coefficient (Wildman–Crippen LogP) is 0.554. The Morgan fingerprint density at radius 1 is 1.53 bits per heavy atom. The van der Waals surface area contributed by atoms with Crippen molar-refractivity contribution in [3.05, 3.63) is 0 Å². The van der Waals surface area contributed by atoms with Crippen molar-refractivity contribution in [3.63, 3.8) is 0 Å². The van der Waals surface area contributed by atoms with Gasteiger partial charge in [0, 0.05) is 19.1 Å². The van der Waals surface area contributed by atoms with Crippen LogP contribution in [-0.4, -0.2) is 74.7 Å². The van der Waals surface area contributed by atoms with Crippen molar-refractivity contribution in [3.8, 4) is 0 Å². The van der Waals surface area contributed by atoms with Crippen molar-refractivity contribution in [1.82, 2.24) is 15.1 Å². The van der Waals surface area contributed by atoms with E-state index in [4.69, 9.17) is 4.74 Å². The number of esters is 1. The van der Waals surface area contributed by atoms with Crippen LogP contribution >= 0.6 is 0 Å². The van der Waals surface area contributed by atoms with Crippen molar-refractivity contribution in [2.45, 2.75) is 38.8 Å². The quantitative estimate of drug-likeness (QED) is 0.685. The van der Waals surface area contributed by atoms with Crippen molar-refractivity contribution < 1.29 is 9.53 Å². The van der Waals surface area contributed by atoms with Gasteiger partial charge in [0.2, 0.25) is 0 Å². The van der Waals surface area contributed by atoms with Crippen LogP contribution in [0.3, 0.4) is 0 Å². The molecule has 0 aliphatic carbocycles. The predicted molar refractivity (Wildman–Crippen MR) is 77.2 cm³/mol. The lowest BCUT2D eigenvalue weighted by molar-refractivity contribution is -0.146. The molecule has 0 spiro atoms. The number of hydrogen-bond acceptors (Lipinski definition) is 5. The van der Waals surface area contributed by atoms with Crippen molar-refractivity contribution >= 4 is 5.97 Å². The van der Waals surface area contributed by atoms with Crippen LogP contribution in [0.1, 0.15) is 26.7 Å². The van der Waals surface area contributed by atoms with E-state index in [1.54, 1.807) is 0 Å². The fraction of sp³-hybridized carbons (Fsp3) is 0.929. The van der Waals surface area contributed by atoms with Gasteiger partial charge in [0.05, 0.1) is 6.61 Å². The van der Waals surface area contributed by atoms with E-state index in [1.807, 2.05) is 13.8 Å². The smallest absolute Gasteiger partial charge is 0.324 e. The Balaban J connectivity index is 2.49. The summed E-state index contributed by atoms with van der Waals surface area (Å²) in [6.45, 7) is 8.06. The molecule has 0 radical (unpaired) electrons. The van der Waals surface area contributed by atoms with Gasteiger partial charge in [-0.2, -0.15) is 0 Å². The Bertz CT molecular complexity index is 273. The molecule has 1 aliphatic rings. The Kier molecular flexibility index (Phi) is 7.34. The van der Waals surface area contributed by atoms with Gasteiger partial charge in [-0.05, 0) is 47.0 Å². The maximum Gasteiger partial charge on any atom is 0.324 e. The van der Waals surface area contributed by atoms with Crippen LogP contribution in [0, 0.1) is 0 Å². The van der Waals surface area contributed by atoms with Gasteiger partial charge >= 0.3 is 5.97 Å². The first-order valence-electron chi connectivity index (χ1n) is 7.37. The standard InChI is InChI=1S/C14H29N3O2/c1-5-15-13(14(18)19-6-2)11-17(4)12-8-7-9-16(3)10-12/h12-13,15H,5-11H2,1-4H3. The number of likely N-dealkylation sites (N-methyl/N-ethyl adjacent to an activating group) is 3. The number of ether oxygens (including phenoxy) is 1. The van der Waals surface area contributed by atoms with Crippen LogP contribution < -0.4 is 5.32 Å². The van der Waals surface area contributed by atoms with Gasteiger partial charge in [-0.1, -0.05) is 6.92 Å². The summed E-state index contributed by atoms with van der Waals surface area (Å²) in [6, 6.07) is 0.316. The number of nitrogens with zero attached hydrogens (tertiary/aromatic N) is 2. The number of hydrogen-bond donors (Lipinski definition) is 1. The molecule has 1 heterocycles. The summed E-state index contributed by atoms with van der Waals surface area (Å²) in [5.41, 5.74) is 0. The number of nitrogens with one attached hydrogen (secondary N) is 1. The number of piperidine rings is 1. The molecule has 112 valence electrons. The van der Waals surface area contributed by atoms with E-state index in [2.05, 4.69) is 29.2 Å². The summed E-state index contributed by atoms with van der Waals surface area (Å²) in [4.78, 5) is 16.5. The molecule has 5 heteroatoms. The topological polar surface area (TPSA) is 44.8 Å². The third-order valence-corrected chi connectivity index (χ3v) is 3.72. The summed E-state index contributed by atoms with van der Waals surface area (Å²) < 4.78 is 5.13. The van der Waals surface area contributed by atoms with Crippen LogP contribution in [0.2, 0.25) is 0 Å². The van der Waals surface area contributed by atoms with Gasteiger partial charge in [0.1, 0.15) is 6.04 Å². The summed E-state index contributed by atoms with van der Waals surface area (Å²) in [5, 5.41) is 3.22. The third kappa shape index (κ3) is 5.47. The van der Waals surface area contributed by atoms with E-state index in [0.29, 0.717) is 19.2 Å². The summed E-state index contributed by atoms with van der Waals surface area (Å²) in [7, 11) is 4.26. The highest BCUT2D eigenvalue weighted by molar-refractivity contribution is 5.76. The minimum Gasteiger partial charge on any atom is -0.465 e. The molecular formula is C14H29N3O2. The average Bonchev–Trinajstić information content (AvgIpc) is 2.38. The Morgan fingerprint density at radius 3 is 2.84 bits per heavy atom. The normalized spacial score (nSPS) is 22.5. The van der Waals surface area contributed by atoms with Crippen LogP contribution in [0.4, 0.5) is 0 Å². The van der Waals surface area contributed by atoms with Crippen LogP contribution in [0.25, 0.3) is 0 Å². The summed E-state index contributed by atoms with van der Waals surface area (Å²) >= 11 is 0. The van der Waals surface area contributed by atoms with Gasteiger partial charge in [0.15, 0.2) is 0 Å². The van der Waals surface area contributed by atoms with Gasteiger partial charge < -0.3 is 15.0 Å². The van der Waals surface area contributed by atoms with Crippen molar-refractivity contribution in [2.24, 2.45) is 0 Å².